The zero-order chi connectivity index (χ0) is 20.8. The molecule has 1 aromatic rings. The number of methoxy groups -OCH3 is 1. The Morgan fingerprint density at radius 1 is 0.931 bits per heavy atom. The molecular weight excluding hydrogens is 376 g/mol. The summed E-state index contributed by atoms with van der Waals surface area (Å²) in [6.07, 6.45) is 0.521. The summed E-state index contributed by atoms with van der Waals surface area (Å²) >= 11 is 0. The van der Waals surface area contributed by atoms with E-state index in [1.54, 1.807) is 7.11 Å². The Labute approximate surface area is 170 Å². The number of carbonyl (C=O) groups excluding carboxylic acids is 3. The third-order valence-corrected chi connectivity index (χ3v) is 5.16. The van der Waals surface area contributed by atoms with Gasteiger partial charge in [-0.25, -0.2) is 9.69 Å². The molecule has 2 aliphatic rings. The number of anilines is 1. The molecule has 158 valence electrons. The van der Waals surface area contributed by atoms with Crippen LogP contribution in [0.5, 0.6) is 5.75 Å². The molecule has 2 aliphatic heterocycles. The van der Waals surface area contributed by atoms with Gasteiger partial charge < -0.3 is 14.4 Å². The van der Waals surface area contributed by atoms with Gasteiger partial charge in [0, 0.05) is 51.6 Å². The Hall–Kier alpha value is -2.65. The highest BCUT2D eigenvalue weighted by atomic mass is 16.5. The number of nitrogens with zero attached hydrogens (tertiary/aromatic N) is 4. The van der Waals surface area contributed by atoms with Gasteiger partial charge in [-0.1, -0.05) is 0 Å². The van der Waals surface area contributed by atoms with E-state index < -0.39 is 17.8 Å². The molecular formula is C20H28N4O5. The van der Waals surface area contributed by atoms with Gasteiger partial charge in [0.1, 0.15) is 5.75 Å². The Morgan fingerprint density at radius 3 is 2.21 bits per heavy atom. The predicted octanol–water partition coefficient (Wildman–Crippen LogP) is 0.992. The van der Waals surface area contributed by atoms with E-state index in [0.717, 1.165) is 34.3 Å². The van der Waals surface area contributed by atoms with Crippen molar-refractivity contribution in [3.05, 3.63) is 24.3 Å². The van der Waals surface area contributed by atoms with E-state index in [9.17, 15) is 14.4 Å². The molecule has 0 radical (unpaired) electrons. The van der Waals surface area contributed by atoms with E-state index in [1.807, 2.05) is 36.1 Å². The highest BCUT2D eigenvalue weighted by molar-refractivity contribution is 6.44. The van der Waals surface area contributed by atoms with Gasteiger partial charge in [0.2, 0.25) is 0 Å². The smallest absolute Gasteiger partial charge is 0.335 e. The Kier molecular flexibility index (Phi) is 7.05. The number of imide groups is 2. The fourth-order valence-electron chi connectivity index (χ4n) is 3.48. The molecule has 9 nitrogen and oxygen atoms in total. The van der Waals surface area contributed by atoms with Crippen LogP contribution < -0.4 is 9.64 Å². The van der Waals surface area contributed by atoms with Crippen LogP contribution in [-0.4, -0.2) is 92.3 Å². The van der Waals surface area contributed by atoms with Gasteiger partial charge in [-0.2, -0.15) is 0 Å². The molecule has 3 rings (SSSR count). The third kappa shape index (κ3) is 4.86. The van der Waals surface area contributed by atoms with Gasteiger partial charge in [-0.05, 0) is 37.6 Å². The van der Waals surface area contributed by atoms with Gasteiger partial charge in [-0.15, -0.1) is 0 Å². The Balaban J connectivity index is 1.50. The first-order chi connectivity index (χ1) is 14.0. The number of urea groups is 1. The molecule has 0 unspecified atom stereocenters. The number of benzene rings is 1. The summed E-state index contributed by atoms with van der Waals surface area (Å²) in [5, 5.41) is 0. The fraction of sp³-hybridized carbons (Fsp3) is 0.550. The van der Waals surface area contributed by atoms with Crippen molar-refractivity contribution in [1.29, 1.82) is 0 Å². The minimum Gasteiger partial charge on any atom is -0.497 e. The van der Waals surface area contributed by atoms with Crippen molar-refractivity contribution in [2.45, 2.75) is 13.3 Å². The number of rotatable bonds is 9. The number of ether oxygens (including phenoxy) is 2. The molecule has 1 aromatic carbocycles. The molecule has 2 heterocycles. The Bertz CT molecular complexity index is 731. The van der Waals surface area contributed by atoms with Crippen molar-refractivity contribution in [2.24, 2.45) is 0 Å². The second-order valence-corrected chi connectivity index (χ2v) is 6.97. The lowest BCUT2D eigenvalue weighted by molar-refractivity contribution is -0.144. The average molecular weight is 404 g/mol. The predicted molar refractivity (Wildman–Crippen MR) is 107 cm³/mol. The van der Waals surface area contributed by atoms with E-state index in [0.29, 0.717) is 32.7 Å². The second-order valence-electron chi connectivity index (χ2n) is 6.97. The monoisotopic (exact) mass is 404 g/mol. The number of amides is 4. The van der Waals surface area contributed by atoms with Crippen molar-refractivity contribution in [3.8, 4) is 5.75 Å². The maximum absolute atomic E-state index is 12.5. The molecule has 9 heteroatoms. The van der Waals surface area contributed by atoms with E-state index in [4.69, 9.17) is 9.47 Å². The SMILES string of the molecule is CCOCCCN1C(=O)C(=O)N(CN2CCN(c3ccc(OC)cc3)CC2)C1=O. The summed E-state index contributed by atoms with van der Waals surface area (Å²) in [5.41, 5.74) is 1.11. The van der Waals surface area contributed by atoms with E-state index in [-0.39, 0.29) is 13.2 Å². The molecule has 0 aliphatic carbocycles. The highest BCUT2D eigenvalue weighted by Gasteiger charge is 2.44. The number of hydrogen-bond acceptors (Lipinski definition) is 7. The van der Waals surface area contributed by atoms with Crippen molar-refractivity contribution in [2.75, 3.05) is 64.6 Å². The van der Waals surface area contributed by atoms with E-state index in [1.165, 1.54) is 0 Å². The summed E-state index contributed by atoms with van der Waals surface area (Å²) in [7, 11) is 1.64. The third-order valence-electron chi connectivity index (χ3n) is 5.16. The van der Waals surface area contributed by atoms with Crippen LogP contribution >= 0.6 is 0 Å². The van der Waals surface area contributed by atoms with E-state index in [2.05, 4.69) is 4.90 Å². The van der Waals surface area contributed by atoms with Crippen molar-refractivity contribution in [3.63, 3.8) is 0 Å². The van der Waals surface area contributed by atoms with Crippen LogP contribution in [0.4, 0.5) is 10.5 Å². The Morgan fingerprint density at radius 2 is 1.59 bits per heavy atom. The first kappa shape index (κ1) is 21.1. The number of hydrogen-bond donors (Lipinski definition) is 0. The zero-order valence-corrected chi connectivity index (χ0v) is 17.0. The van der Waals surface area contributed by atoms with Crippen LogP contribution in [0.2, 0.25) is 0 Å². The molecule has 0 saturated carbocycles. The normalized spacial score (nSPS) is 18.1. The molecule has 2 saturated heterocycles. The van der Waals surface area contributed by atoms with Crippen LogP contribution in [0.1, 0.15) is 13.3 Å². The molecule has 0 aromatic heterocycles. The largest absolute Gasteiger partial charge is 0.497 e. The lowest BCUT2D eigenvalue weighted by atomic mass is 10.2. The summed E-state index contributed by atoms with van der Waals surface area (Å²) in [6, 6.07) is 7.35. The van der Waals surface area contributed by atoms with Gasteiger partial charge in [0.15, 0.2) is 0 Å². The topological polar surface area (TPSA) is 82.6 Å². The van der Waals surface area contributed by atoms with Crippen molar-refractivity contribution in [1.82, 2.24) is 14.7 Å². The van der Waals surface area contributed by atoms with Gasteiger partial charge in [-0.3, -0.25) is 19.4 Å². The van der Waals surface area contributed by atoms with Crippen molar-refractivity contribution >= 4 is 23.5 Å². The molecule has 29 heavy (non-hydrogen) atoms. The van der Waals surface area contributed by atoms with Crippen LogP contribution in [0.15, 0.2) is 24.3 Å². The highest BCUT2D eigenvalue weighted by Crippen LogP contribution is 2.21. The summed E-state index contributed by atoms with van der Waals surface area (Å²) in [4.78, 5) is 43.3. The van der Waals surface area contributed by atoms with Crippen molar-refractivity contribution < 1.29 is 23.9 Å². The van der Waals surface area contributed by atoms with Gasteiger partial charge in [0.25, 0.3) is 0 Å². The molecule has 4 amide bonds. The fourth-order valence-corrected chi connectivity index (χ4v) is 3.48. The first-order valence-electron chi connectivity index (χ1n) is 9.91. The average Bonchev–Trinajstić information content (AvgIpc) is 2.95. The van der Waals surface area contributed by atoms with Crippen LogP contribution in [0.25, 0.3) is 0 Å². The molecule has 0 atom stereocenters. The number of piperazine rings is 1. The second kappa shape index (κ2) is 9.71. The lowest BCUT2D eigenvalue weighted by Gasteiger charge is -2.37. The van der Waals surface area contributed by atoms with Crippen LogP contribution in [0.3, 0.4) is 0 Å². The van der Waals surface area contributed by atoms with Gasteiger partial charge >= 0.3 is 17.8 Å². The lowest BCUT2D eigenvalue weighted by Crippen LogP contribution is -2.51. The first-order valence-corrected chi connectivity index (χ1v) is 9.91. The molecule has 0 spiro atoms. The minimum absolute atomic E-state index is 0.141. The zero-order valence-electron chi connectivity index (χ0n) is 17.0. The molecule has 2 fully saturated rings. The van der Waals surface area contributed by atoms with Gasteiger partial charge in [0.05, 0.1) is 13.8 Å². The molecule has 0 N–H and O–H groups in total. The summed E-state index contributed by atoms with van der Waals surface area (Å²) in [5.74, 6) is -0.679. The standard InChI is InChI=1S/C20H28N4O5/c1-3-29-14-4-9-23-18(25)19(26)24(20(23)27)15-21-10-12-22(13-11-21)16-5-7-17(28-2)8-6-16/h5-8H,3-4,9-15H2,1-2H3. The minimum atomic E-state index is -0.747. The summed E-state index contributed by atoms with van der Waals surface area (Å²) < 4.78 is 10.4. The maximum atomic E-state index is 12.5. The summed E-state index contributed by atoms with van der Waals surface area (Å²) in [6.45, 7) is 6.19. The van der Waals surface area contributed by atoms with E-state index >= 15 is 0 Å². The maximum Gasteiger partial charge on any atom is 0.335 e. The number of carbonyl (C=O) groups is 3. The van der Waals surface area contributed by atoms with Crippen LogP contribution in [-0.2, 0) is 14.3 Å². The van der Waals surface area contributed by atoms with Crippen LogP contribution in [0, 0.1) is 0 Å². The molecule has 0 bridgehead atoms. The quantitative estimate of drug-likeness (QED) is 0.345.